The monoisotopic (exact) mass is 283 g/mol. The largest absolute Gasteiger partial charge is 0.370 e. The van der Waals surface area contributed by atoms with E-state index in [2.05, 4.69) is 46.5 Å². The smallest absolute Gasteiger partial charge is 0.252 e. The Morgan fingerprint density at radius 1 is 1.33 bits per heavy atom. The van der Waals surface area contributed by atoms with Crippen LogP contribution in [0.25, 0.3) is 0 Å². The molecule has 2 aromatic rings. The molecule has 0 radical (unpaired) electrons. The molecule has 1 atom stereocenters. The Bertz CT molecular complexity index is 647. The van der Waals surface area contributed by atoms with E-state index < -0.39 is 0 Å². The first-order valence-corrected chi connectivity index (χ1v) is 7.62. The standard InChI is InChI=1S/C17H21N3O/c1-12(13-5-3-2-4-6-13)9-10-18-15-11-16(21)20-17(19-15)14-7-8-14/h2-6,11-12,14H,7-10H2,1H3,(H2,18,19,20,21). The van der Waals surface area contributed by atoms with Gasteiger partial charge in [0.05, 0.1) is 0 Å². The molecule has 4 nitrogen and oxygen atoms in total. The van der Waals surface area contributed by atoms with Gasteiger partial charge >= 0.3 is 0 Å². The summed E-state index contributed by atoms with van der Waals surface area (Å²) in [5.41, 5.74) is 1.28. The van der Waals surface area contributed by atoms with Crippen molar-refractivity contribution in [1.82, 2.24) is 9.97 Å². The molecule has 1 heterocycles. The fourth-order valence-corrected chi connectivity index (χ4v) is 2.48. The van der Waals surface area contributed by atoms with Gasteiger partial charge in [0.1, 0.15) is 11.6 Å². The molecule has 1 fully saturated rings. The highest BCUT2D eigenvalue weighted by Crippen LogP contribution is 2.37. The SMILES string of the molecule is CC(CCNc1cc(=O)[nH]c(C2CC2)n1)c1ccccc1. The first-order valence-electron chi connectivity index (χ1n) is 7.62. The predicted octanol–water partition coefficient (Wildman–Crippen LogP) is 3.25. The molecule has 1 aliphatic rings. The van der Waals surface area contributed by atoms with Crippen molar-refractivity contribution in [3.05, 3.63) is 58.1 Å². The Kier molecular flexibility index (Phi) is 4.04. The lowest BCUT2D eigenvalue weighted by Gasteiger charge is -2.13. The average Bonchev–Trinajstić information content (AvgIpc) is 3.32. The van der Waals surface area contributed by atoms with Gasteiger partial charge in [-0.3, -0.25) is 4.79 Å². The molecule has 1 saturated carbocycles. The van der Waals surface area contributed by atoms with Crippen LogP contribution in [0.1, 0.15) is 49.4 Å². The average molecular weight is 283 g/mol. The van der Waals surface area contributed by atoms with E-state index in [9.17, 15) is 4.79 Å². The molecule has 110 valence electrons. The minimum atomic E-state index is -0.0643. The Balaban J connectivity index is 1.57. The fraction of sp³-hybridized carbons (Fsp3) is 0.412. The van der Waals surface area contributed by atoms with Crippen LogP contribution in [0.3, 0.4) is 0 Å². The molecule has 0 amide bonds. The molecule has 1 aromatic heterocycles. The van der Waals surface area contributed by atoms with Crippen molar-refractivity contribution in [3.8, 4) is 0 Å². The number of aromatic amines is 1. The Morgan fingerprint density at radius 2 is 2.10 bits per heavy atom. The Hall–Kier alpha value is -2.10. The molecule has 4 heteroatoms. The number of hydrogen-bond donors (Lipinski definition) is 2. The van der Waals surface area contributed by atoms with Crippen LogP contribution >= 0.6 is 0 Å². The van der Waals surface area contributed by atoms with Crippen LogP contribution in [0.2, 0.25) is 0 Å². The summed E-state index contributed by atoms with van der Waals surface area (Å²) in [6, 6.07) is 12.0. The van der Waals surface area contributed by atoms with Gasteiger partial charge in [0.2, 0.25) is 0 Å². The first-order chi connectivity index (χ1) is 10.2. The Labute approximate surface area is 124 Å². The molecule has 21 heavy (non-hydrogen) atoms. The number of H-pyrrole nitrogens is 1. The van der Waals surface area contributed by atoms with Gasteiger partial charge in [-0.25, -0.2) is 4.98 Å². The van der Waals surface area contributed by atoms with E-state index in [0.29, 0.717) is 17.7 Å². The summed E-state index contributed by atoms with van der Waals surface area (Å²) in [7, 11) is 0. The normalized spacial score (nSPS) is 15.7. The van der Waals surface area contributed by atoms with Crippen molar-refractivity contribution in [2.75, 3.05) is 11.9 Å². The number of rotatable bonds is 6. The van der Waals surface area contributed by atoms with E-state index in [1.807, 2.05) is 6.07 Å². The summed E-state index contributed by atoms with van der Waals surface area (Å²) in [4.78, 5) is 19.0. The van der Waals surface area contributed by atoms with Crippen molar-refractivity contribution in [1.29, 1.82) is 0 Å². The number of nitrogens with one attached hydrogen (secondary N) is 2. The summed E-state index contributed by atoms with van der Waals surface area (Å²) in [6.07, 6.45) is 3.28. The molecule has 0 saturated heterocycles. The second kappa shape index (κ2) is 6.12. The molecule has 1 unspecified atom stereocenters. The third-order valence-corrected chi connectivity index (χ3v) is 3.98. The highest BCUT2D eigenvalue weighted by molar-refractivity contribution is 5.34. The summed E-state index contributed by atoms with van der Waals surface area (Å²) in [5, 5.41) is 3.28. The Morgan fingerprint density at radius 3 is 2.81 bits per heavy atom. The number of aromatic nitrogens is 2. The molecular formula is C17H21N3O. The van der Waals surface area contributed by atoms with Crippen LogP contribution in [0, 0.1) is 0 Å². The summed E-state index contributed by atoms with van der Waals surface area (Å²) < 4.78 is 0. The maximum Gasteiger partial charge on any atom is 0.252 e. The molecule has 1 aromatic carbocycles. The van der Waals surface area contributed by atoms with Crippen molar-refractivity contribution in [3.63, 3.8) is 0 Å². The molecular weight excluding hydrogens is 262 g/mol. The molecule has 3 rings (SSSR count). The number of benzene rings is 1. The predicted molar refractivity (Wildman–Crippen MR) is 84.8 cm³/mol. The van der Waals surface area contributed by atoms with E-state index in [4.69, 9.17) is 0 Å². The molecule has 0 bridgehead atoms. The van der Waals surface area contributed by atoms with Crippen molar-refractivity contribution < 1.29 is 0 Å². The zero-order valence-electron chi connectivity index (χ0n) is 12.3. The van der Waals surface area contributed by atoms with E-state index in [1.165, 1.54) is 5.56 Å². The fourth-order valence-electron chi connectivity index (χ4n) is 2.48. The number of anilines is 1. The van der Waals surface area contributed by atoms with E-state index in [0.717, 1.165) is 31.6 Å². The van der Waals surface area contributed by atoms with Gasteiger partial charge in [0, 0.05) is 18.5 Å². The first kappa shape index (κ1) is 13.9. The van der Waals surface area contributed by atoms with Crippen LogP contribution in [0.4, 0.5) is 5.82 Å². The quantitative estimate of drug-likeness (QED) is 0.855. The zero-order valence-corrected chi connectivity index (χ0v) is 12.3. The van der Waals surface area contributed by atoms with Gasteiger partial charge in [-0.1, -0.05) is 37.3 Å². The number of hydrogen-bond acceptors (Lipinski definition) is 3. The van der Waals surface area contributed by atoms with Gasteiger partial charge in [-0.15, -0.1) is 0 Å². The molecule has 2 N–H and O–H groups in total. The van der Waals surface area contributed by atoms with Gasteiger partial charge in [-0.2, -0.15) is 0 Å². The van der Waals surface area contributed by atoms with Gasteiger partial charge < -0.3 is 10.3 Å². The maximum atomic E-state index is 11.6. The summed E-state index contributed by atoms with van der Waals surface area (Å²) in [5.74, 6) is 2.48. The minimum Gasteiger partial charge on any atom is -0.370 e. The van der Waals surface area contributed by atoms with Gasteiger partial charge in [0.25, 0.3) is 5.56 Å². The highest BCUT2D eigenvalue weighted by atomic mass is 16.1. The summed E-state index contributed by atoms with van der Waals surface area (Å²) in [6.45, 7) is 3.04. The van der Waals surface area contributed by atoms with Crippen molar-refractivity contribution in [2.45, 2.75) is 38.0 Å². The van der Waals surface area contributed by atoms with Crippen molar-refractivity contribution >= 4 is 5.82 Å². The summed E-state index contributed by atoms with van der Waals surface area (Å²) >= 11 is 0. The van der Waals surface area contributed by atoms with E-state index in [1.54, 1.807) is 6.07 Å². The lowest BCUT2D eigenvalue weighted by molar-refractivity contribution is 0.704. The van der Waals surface area contributed by atoms with Crippen LogP contribution in [0.15, 0.2) is 41.2 Å². The molecule has 0 spiro atoms. The van der Waals surface area contributed by atoms with Gasteiger partial charge in [-0.05, 0) is 30.7 Å². The minimum absolute atomic E-state index is 0.0643. The maximum absolute atomic E-state index is 11.6. The molecule has 1 aliphatic carbocycles. The lowest BCUT2D eigenvalue weighted by Crippen LogP contribution is -2.14. The van der Waals surface area contributed by atoms with Crippen LogP contribution in [0.5, 0.6) is 0 Å². The zero-order chi connectivity index (χ0) is 14.7. The van der Waals surface area contributed by atoms with Crippen LogP contribution in [-0.4, -0.2) is 16.5 Å². The van der Waals surface area contributed by atoms with E-state index >= 15 is 0 Å². The van der Waals surface area contributed by atoms with Gasteiger partial charge in [0.15, 0.2) is 0 Å². The highest BCUT2D eigenvalue weighted by Gasteiger charge is 2.26. The third-order valence-electron chi connectivity index (χ3n) is 3.98. The van der Waals surface area contributed by atoms with E-state index in [-0.39, 0.29) is 5.56 Å². The topological polar surface area (TPSA) is 57.8 Å². The second-order valence-corrected chi connectivity index (χ2v) is 5.82. The van der Waals surface area contributed by atoms with Crippen LogP contribution < -0.4 is 10.9 Å². The lowest BCUT2D eigenvalue weighted by atomic mass is 9.98. The van der Waals surface area contributed by atoms with Crippen molar-refractivity contribution in [2.24, 2.45) is 0 Å². The third kappa shape index (κ3) is 3.72. The van der Waals surface area contributed by atoms with Crippen LogP contribution in [-0.2, 0) is 0 Å². The second-order valence-electron chi connectivity index (χ2n) is 5.82. The molecule has 0 aliphatic heterocycles. The number of nitrogens with zero attached hydrogens (tertiary/aromatic N) is 1.